The van der Waals surface area contributed by atoms with Crippen LogP contribution in [0.4, 0.5) is 0 Å². The van der Waals surface area contributed by atoms with Crippen LogP contribution in [0.1, 0.15) is 30.3 Å². The average molecular weight is 273 g/mol. The van der Waals surface area contributed by atoms with E-state index in [0.29, 0.717) is 10.5 Å². The van der Waals surface area contributed by atoms with Crippen LogP contribution < -0.4 is 5.32 Å². The third-order valence-electron chi connectivity index (χ3n) is 2.74. The van der Waals surface area contributed by atoms with Crippen molar-refractivity contribution in [3.63, 3.8) is 0 Å². The van der Waals surface area contributed by atoms with E-state index in [4.69, 9.17) is 4.52 Å². The Kier molecular flexibility index (Phi) is 5.18. The molecule has 4 nitrogen and oxygen atoms in total. The summed E-state index contributed by atoms with van der Waals surface area (Å²) in [5.74, 6) is 4.08. The Bertz CT molecular complexity index is 345. The lowest BCUT2D eigenvalue weighted by atomic mass is 10.3. The highest BCUT2D eigenvalue weighted by molar-refractivity contribution is 8.06. The molecule has 96 valence electrons. The van der Waals surface area contributed by atoms with Crippen molar-refractivity contribution in [1.29, 1.82) is 0 Å². The Morgan fingerprint density at radius 1 is 1.41 bits per heavy atom. The number of rotatable bonds is 5. The smallest absolute Gasteiger partial charge is 0.226 e. The maximum absolute atomic E-state index is 5.30. The molecular weight excluding hydrogens is 254 g/mol. The van der Waals surface area contributed by atoms with E-state index in [2.05, 4.69) is 22.4 Å². The van der Waals surface area contributed by atoms with Crippen LogP contribution in [0.3, 0.4) is 0 Å². The number of nitrogens with one attached hydrogen (secondary N) is 1. The van der Waals surface area contributed by atoms with Crippen LogP contribution in [0.15, 0.2) is 4.52 Å². The Morgan fingerprint density at radius 2 is 2.24 bits per heavy atom. The molecule has 0 aromatic carbocycles. The van der Waals surface area contributed by atoms with E-state index in [0.717, 1.165) is 31.1 Å². The van der Waals surface area contributed by atoms with Gasteiger partial charge in [0.1, 0.15) is 0 Å². The summed E-state index contributed by atoms with van der Waals surface area (Å²) in [4.78, 5) is 4.52. The predicted octanol–water partition coefficient (Wildman–Crippen LogP) is 2.13. The minimum atomic E-state index is 0.399. The molecule has 1 aromatic heterocycles. The third kappa shape index (κ3) is 3.63. The molecule has 2 heterocycles. The second-order valence-corrected chi connectivity index (χ2v) is 6.86. The first kappa shape index (κ1) is 13.2. The second-order valence-electron chi connectivity index (χ2n) is 4.12. The van der Waals surface area contributed by atoms with Crippen molar-refractivity contribution in [3.05, 3.63) is 11.7 Å². The summed E-state index contributed by atoms with van der Waals surface area (Å²) in [6.07, 6.45) is 1.91. The minimum absolute atomic E-state index is 0.399. The SMILES string of the molecule is CNCCCc1nc(C2SCCSC2C)no1. The van der Waals surface area contributed by atoms with Gasteiger partial charge in [0.25, 0.3) is 0 Å². The summed E-state index contributed by atoms with van der Waals surface area (Å²) in [6.45, 7) is 3.24. The fourth-order valence-electron chi connectivity index (χ4n) is 1.82. The maximum atomic E-state index is 5.30. The number of hydrogen-bond acceptors (Lipinski definition) is 6. The van der Waals surface area contributed by atoms with Gasteiger partial charge in [-0.1, -0.05) is 12.1 Å². The molecule has 0 bridgehead atoms. The predicted molar refractivity (Wildman–Crippen MR) is 73.7 cm³/mol. The molecule has 0 radical (unpaired) electrons. The van der Waals surface area contributed by atoms with Crippen LogP contribution in [-0.2, 0) is 6.42 Å². The maximum Gasteiger partial charge on any atom is 0.226 e. The molecule has 2 unspecified atom stereocenters. The van der Waals surface area contributed by atoms with Crippen LogP contribution in [0, 0.1) is 0 Å². The van der Waals surface area contributed by atoms with Gasteiger partial charge in [-0.05, 0) is 20.0 Å². The molecule has 0 saturated carbocycles. The quantitative estimate of drug-likeness (QED) is 0.830. The van der Waals surface area contributed by atoms with Gasteiger partial charge in [0, 0.05) is 23.2 Å². The first-order valence-corrected chi connectivity index (χ1v) is 8.11. The van der Waals surface area contributed by atoms with Gasteiger partial charge in [0.15, 0.2) is 5.82 Å². The van der Waals surface area contributed by atoms with E-state index >= 15 is 0 Å². The van der Waals surface area contributed by atoms with Crippen molar-refractivity contribution in [2.45, 2.75) is 30.3 Å². The number of aromatic nitrogens is 2. The molecular formula is C11H19N3OS2. The second kappa shape index (κ2) is 6.66. The zero-order valence-corrected chi connectivity index (χ0v) is 11.9. The van der Waals surface area contributed by atoms with Gasteiger partial charge < -0.3 is 9.84 Å². The van der Waals surface area contributed by atoms with Gasteiger partial charge in [0.05, 0.1) is 5.25 Å². The van der Waals surface area contributed by atoms with E-state index in [1.807, 2.05) is 30.6 Å². The molecule has 1 aliphatic rings. The molecule has 0 amide bonds. The van der Waals surface area contributed by atoms with E-state index in [1.165, 1.54) is 11.5 Å². The molecule has 17 heavy (non-hydrogen) atoms. The topological polar surface area (TPSA) is 51.0 Å². The van der Waals surface area contributed by atoms with E-state index in [9.17, 15) is 0 Å². The number of thioether (sulfide) groups is 2. The highest BCUT2D eigenvalue weighted by Crippen LogP contribution is 2.41. The molecule has 0 aliphatic carbocycles. The standard InChI is InChI=1S/C11H19N3OS2/c1-8-10(17-7-6-16-8)11-13-9(15-14-11)4-3-5-12-2/h8,10,12H,3-7H2,1-2H3. The lowest BCUT2D eigenvalue weighted by Crippen LogP contribution is -2.16. The van der Waals surface area contributed by atoms with Gasteiger partial charge in [-0.25, -0.2) is 0 Å². The van der Waals surface area contributed by atoms with E-state index in [-0.39, 0.29) is 0 Å². The minimum Gasteiger partial charge on any atom is -0.339 e. The van der Waals surface area contributed by atoms with Crippen LogP contribution in [-0.4, -0.2) is 40.5 Å². The van der Waals surface area contributed by atoms with Crippen LogP contribution in [0.5, 0.6) is 0 Å². The highest BCUT2D eigenvalue weighted by Gasteiger charge is 2.28. The van der Waals surface area contributed by atoms with Crippen LogP contribution in [0.2, 0.25) is 0 Å². The van der Waals surface area contributed by atoms with Crippen molar-refractivity contribution in [2.24, 2.45) is 0 Å². The van der Waals surface area contributed by atoms with Crippen molar-refractivity contribution >= 4 is 23.5 Å². The molecule has 1 saturated heterocycles. The zero-order chi connectivity index (χ0) is 12.1. The Balaban J connectivity index is 1.92. The first-order valence-electron chi connectivity index (χ1n) is 6.01. The van der Waals surface area contributed by atoms with Crippen molar-refractivity contribution in [1.82, 2.24) is 15.5 Å². The molecule has 2 atom stereocenters. The normalized spacial score (nSPS) is 25.1. The molecule has 1 aromatic rings. The lowest BCUT2D eigenvalue weighted by Gasteiger charge is -2.24. The number of hydrogen-bond donors (Lipinski definition) is 1. The summed E-state index contributed by atoms with van der Waals surface area (Å²) in [7, 11) is 1.96. The van der Waals surface area contributed by atoms with E-state index in [1.54, 1.807) is 0 Å². The fraction of sp³-hybridized carbons (Fsp3) is 0.818. The van der Waals surface area contributed by atoms with E-state index < -0.39 is 0 Å². The lowest BCUT2D eigenvalue weighted by molar-refractivity contribution is 0.369. The fourth-order valence-corrected chi connectivity index (χ4v) is 4.50. The summed E-state index contributed by atoms with van der Waals surface area (Å²) in [5, 5.41) is 8.22. The Morgan fingerprint density at radius 3 is 3.00 bits per heavy atom. The zero-order valence-electron chi connectivity index (χ0n) is 10.3. The average Bonchev–Trinajstić information content (AvgIpc) is 2.79. The van der Waals surface area contributed by atoms with Crippen molar-refractivity contribution in [3.8, 4) is 0 Å². The van der Waals surface area contributed by atoms with Gasteiger partial charge in [-0.15, -0.1) is 11.8 Å². The molecule has 6 heteroatoms. The van der Waals surface area contributed by atoms with Crippen LogP contribution in [0.25, 0.3) is 0 Å². The van der Waals surface area contributed by atoms with Gasteiger partial charge in [-0.3, -0.25) is 0 Å². The summed E-state index contributed by atoms with van der Waals surface area (Å²) in [6, 6.07) is 0. The van der Waals surface area contributed by atoms with Gasteiger partial charge >= 0.3 is 0 Å². The Labute approximate surface area is 111 Å². The summed E-state index contributed by atoms with van der Waals surface area (Å²) >= 11 is 3.95. The van der Waals surface area contributed by atoms with Gasteiger partial charge in [-0.2, -0.15) is 16.7 Å². The Hall–Kier alpha value is -0.200. The number of aryl methyl sites for hydroxylation is 1. The molecule has 1 fully saturated rings. The first-order chi connectivity index (χ1) is 8.31. The highest BCUT2D eigenvalue weighted by atomic mass is 32.2. The summed E-state index contributed by atoms with van der Waals surface area (Å²) < 4.78 is 5.30. The van der Waals surface area contributed by atoms with Crippen molar-refractivity contribution < 1.29 is 4.52 Å². The largest absolute Gasteiger partial charge is 0.339 e. The van der Waals surface area contributed by atoms with Gasteiger partial charge in [0.2, 0.25) is 5.89 Å². The van der Waals surface area contributed by atoms with Crippen molar-refractivity contribution in [2.75, 3.05) is 25.1 Å². The molecule has 1 aliphatic heterocycles. The third-order valence-corrected chi connectivity index (χ3v) is 5.83. The molecule has 0 spiro atoms. The van der Waals surface area contributed by atoms with Crippen LogP contribution >= 0.6 is 23.5 Å². The monoisotopic (exact) mass is 273 g/mol. The number of nitrogens with zero attached hydrogens (tertiary/aromatic N) is 2. The summed E-state index contributed by atoms with van der Waals surface area (Å²) in [5.41, 5.74) is 0. The molecule has 2 rings (SSSR count). The molecule has 1 N–H and O–H groups in total.